The molecule has 2 N–H and O–H groups in total. The number of pyridine rings is 1. The number of H-pyrrole nitrogens is 1. The van der Waals surface area contributed by atoms with E-state index in [1.807, 2.05) is 0 Å². The Hall–Kier alpha value is -2.81. The molecule has 3 rings (SSSR count). The lowest BCUT2D eigenvalue weighted by molar-refractivity contribution is -0.386. The van der Waals surface area contributed by atoms with Crippen LogP contribution in [0.1, 0.15) is 16.8 Å². The maximum atomic E-state index is 11.1. The number of hydrogen-bond donors (Lipinski definition) is 2. The zero-order valence-electron chi connectivity index (χ0n) is 12.3. The molecule has 118 valence electrons. The van der Waals surface area contributed by atoms with Gasteiger partial charge < -0.3 is 10.3 Å². The highest BCUT2D eigenvalue weighted by molar-refractivity contribution is 6.33. The number of aryl methyl sites for hydroxylation is 1. The maximum absolute atomic E-state index is 11.1. The molecule has 0 bridgehead atoms. The number of halogens is 1. The first kappa shape index (κ1) is 15.1. The van der Waals surface area contributed by atoms with Crippen LogP contribution in [0.2, 0.25) is 5.15 Å². The predicted molar refractivity (Wildman–Crippen MR) is 84.4 cm³/mol. The molecule has 0 aliphatic rings. The summed E-state index contributed by atoms with van der Waals surface area (Å²) >= 11 is 6.04. The summed E-state index contributed by atoms with van der Waals surface area (Å²) in [7, 11) is 0. The normalized spacial score (nSPS) is 10.9. The summed E-state index contributed by atoms with van der Waals surface area (Å²) in [6.45, 7) is 3.56. The Morgan fingerprint density at radius 3 is 2.87 bits per heavy atom. The molecular weight excluding hydrogens is 322 g/mol. The van der Waals surface area contributed by atoms with Crippen LogP contribution in [-0.4, -0.2) is 29.8 Å². The third-order valence-corrected chi connectivity index (χ3v) is 3.69. The summed E-state index contributed by atoms with van der Waals surface area (Å²) in [5.74, 6) is 0.277. The standard InChI is InChI=1S/C13H12ClN7O2/c1-6-3-15-8(7(2)10(6)21(22)23)4-16-13-19-11(14)9-12(20-13)18-5-17-9/h3,5H,4H2,1-2H3,(H2,16,17,18,19,20). The molecule has 23 heavy (non-hydrogen) atoms. The molecule has 0 aromatic carbocycles. The van der Waals surface area contributed by atoms with E-state index in [1.54, 1.807) is 13.8 Å². The molecule has 0 amide bonds. The van der Waals surface area contributed by atoms with Crippen molar-refractivity contribution in [1.82, 2.24) is 24.9 Å². The number of aromatic nitrogens is 5. The second-order valence-corrected chi connectivity index (χ2v) is 5.27. The SMILES string of the molecule is Cc1cnc(CNc2nc(Cl)c3[nH]cnc3n2)c(C)c1[N+](=O)[O-]. The average Bonchev–Trinajstić information content (AvgIpc) is 2.95. The Kier molecular flexibility index (Phi) is 3.78. The Bertz CT molecular complexity index is 909. The van der Waals surface area contributed by atoms with Gasteiger partial charge in [0.25, 0.3) is 5.69 Å². The molecule has 0 unspecified atom stereocenters. The van der Waals surface area contributed by atoms with Crippen molar-refractivity contribution in [3.05, 3.63) is 44.6 Å². The summed E-state index contributed by atoms with van der Waals surface area (Å²) in [4.78, 5) is 30.1. The Morgan fingerprint density at radius 2 is 2.13 bits per heavy atom. The molecule has 0 radical (unpaired) electrons. The van der Waals surface area contributed by atoms with E-state index in [4.69, 9.17) is 11.6 Å². The molecule has 0 aliphatic heterocycles. The minimum atomic E-state index is -0.404. The summed E-state index contributed by atoms with van der Waals surface area (Å²) in [5, 5.41) is 14.3. The van der Waals surface area contributed by atoms with Crippen molar-refractivity contribution in [2.45, 2.75) is 20.4 Å². The molecule has 9 nitrogen and oxygen atoms in total. The van der Waals surface area contributed by atoms with Crippen LogP contribution < -0.4 is 5.32 Å². The number of nitro groups is 1. The van der Waals surface area contributed by atoms with Crippen molar-refractivity contribution in [3.8, 4) is 0 Å². The number of imidazole rings is 1. The Morgan fingerprint density at radius 1 is 1.35 bits per heavy atom. The van der Waals surface area contributed by atoms with Gasteiger partial charge in [0.2, 0.25) is 5.95 Å². The molecule has 0 fully saturated rings. The highest BCUT2D eigenvalue weighted by Gasteiger charge is 2.18. The van der Waals surface area contributed by atoms with E-state index in [-0.39, 0.29) is 23.3 Å². The van der Waals surface area contributed by atoms with E-state index < -0.39 is 4.92 Å². The van der Waals surface area contributed by atoms with Gasteiger partial charge in [0.05, 0.1) is 29.1 Å². The lowest BCUT2D eigenvalue weighted by Gasteiger charge is -2.09. The summed E-state index contributed by atoms with van der Waals surface area (Å²) in [6, 6.07) is 0. The highest BCUT2D eigenvalue weighted by Crippen LogP contribution is 2.24. The fraction of sp³-hybridized carbons (Fsp3) is 0.231. The molecule has 10 heteroatoms. The van der Waals surface area contributed by atoms with Crippen LogP contribution in [0.5, 0.6) is 0 Å². The summed E-state index contributed by atoms with van der Waals surface area (Å²) in [5.41, 5.74) is 2.63. The zero-order valence-corrected chi connectivity index (χ0v) is 13.0. The first-order valence-electron chi connectivity index (χ1n) is 6.67. The lowest BCUT2D eigenvalue weighted by Crippen LogP contribution is -2.09. The Balaban J connectivity index is 1.87. The van der Waals surface area contributed by atoms with Gasteiger partial charge in [-0.25, -0.2) is 4.98 Å². The number of nitrogens with zero attached hydrogens (tertiary/aromatic N) is 5. The van der Waals surface area contributed by atoms with E-state index in [0.717, 1.165) is 0 Å². The lowest BCUT2D eigenvalue weighted by atomic mass is 10.1. The van der Waals surface area contributed by atoms with Gasteiger partial charge in [-0.05, 0) is 13.8 Å². The maximum Gasteiger partial charge on any atom is 0.278 e. The van der Waals surface area contributed by atoms with E-state index in [0.29, 0.717) is 28.0 Å². The molecule has 0 aliphatic carbocycles. The van der Waals surface area contributed by atoms with Crippen molar-refractivity contribution in [2.75, 3.05) is 5.32 Å². The van der Waals surface area contributed by atoms with Crippen molar-refractivity contribution in [1.29, 1.82) is 0 Å². The highest BCUT2D eigenvalue weighted by atomic mass is 35.5. The Labute approximate surface area is 135 Å². The van der Waals surface area contributed by atoms with Crippen molar-refractivity contribution in [3.63, 3.8) is 0 Å². The zero-order chi connectivity index (χ0) is 16.6. The van der Waals surface area contributed by atoms with Crippen molar-refractivity contribution >= 4 is 34.4 Å². The van der Waals surface area contributed by atoms with Crippen LogP contribution in [0.25, 0.3) is 11.2 Å². The first-order valence-corrected chi connectivity index (χ1v) is 7.05. The number of hydrogen-bond acceptors (Lipinski definition) is 7. The molecule has 0 saturated carbocycles. The third kappa shape index (κ3) is 2.78. The van der Waals surface area contributed by atoms with E-state index in [1.165, 1.54) is 12.5 Å². The number of nitrogens with one attached hydrogen (secondary N) is 2. The van der Waals surface area contributed by atoms with Gasteiger partial charge in [-0.15, -0.1) is 0 Å². The fourth-order valence-corrected chi connectivity index (χ4v) is 2.48. The number of anilines is 1. The van der Waals surface area contributed by atoms with Crippen LogP contribution in [-0.2, 0) is 6.54 Å². The van der Waals surface area contributed by atoms with Gasteiger partial charge in [-0.2, -0.15) is 9.97 Å². The largest absolute Gasteiger partial charge is 0.348 e. The quantitative estimate of drug-likeness (QED) is 0.427. The number of fused-ring (bicyclic) bond motifs is 1. The minimum absolute atomic E-state index is 0.0681. The molecule has 3 aromatic rings. The van der Waals surface area contributed by atoms with Crippen molar-refractivity contribution < 1.29 is 4.92 Å². The van der Waals surface area contributed by atoms with E-state index in [9.17, 15) is 10.1 Å². The third-order valence-electron chi connectivity index (χ3n) is 3.41. The van der Waals surface area contributed by atoms with E-state index in [2.05, 4.69) is 30.2 Å². The predicted octanol–water partition coefficient (Wildman–Crippen LogP) is 2.54. The smallest absolute Gasteiger partial charge is 0.278 e. The molecule has 3 heterocycles. The van der Waals surface area contributed by atoms with Crippen LogP contribution in [0.15, 0.2) is 12.5 Å². The number of rotatable bonds is 4. The van der Waals surface area contributed by atoms with Crippen LogP contribution in [0, 0.1) is 24.0 Å². The molecule has 0 spiro atoms. The number of aromatic amines is 1. The second kappa shape index (κ2) is 5.76. The molecular formula is C13H12ClN7O2. The summed E-state index contributed by atoms with van der Waals surface area (Å²) < 4.78 is 0. The van der Waals surface area contributed by atoms with Gasteiger partial charge in [0.15, 0.2) is 10.8 Å². The van der Waals surface area contributed by atoms with Crippen LogP contribution in [0.4, 0.5) is 11.6 Å². The fourth-order valence-electron chi connectivity index (χ4n) is 2.26. The van der Waals surface area contributed by atoms with Gasteiger partial charge >= 0.3 is 0 Å². The van der Waals surface area contributed by atoms with Crippen LogP contribution in [0.3, 0.4) is 0 Å². The summed E-state index contributed by atoms with van der Waals surface area (Å²) in [6.07, 6.45) is 2.96. The van der Waals surface area contributed by atoms with Gasteiger partial charge in [-0.3, -0.25) is 15.1 Å². The topological polar surface area (TPSA) is 123 Å². The first-order chi connectivity index (χ1) is 11.0. The van der Waals surface area contributed by atoms with Gasteiger partial charge in [0, 0.05) is 11.8 Å². The molecule has 3 aromatic heterocycles. The monoisotopic (exact) mass is 333 g/mol. The average molecular weight is 334 g/mol. The second-order valence-electron chi connectivity index (χ2n) is 4.91. The molecule has 0 atom stereocenters. The van der Waals surface area contributed by atoms with Gasteiger partial charge in [-0.1, -0.05) is 11.6 Å². The van der Waals surface area contributed by atoms with Crippen molar-refractivity contribution in [2.24, 2.45) is 0 Å². The van der Waals surface area contributed by atoms with Crippen LogP contribution >= 0.6 is 11.6 Å². The van der Waals surface area contributed by atoms with Gasteiger partial charge in [0.1, 0.15) is 5.52 Å². The van der Waals surface area contributed by atoms with E-state index >= 15 is 0 Å². The minimum Gasteiger partial charge on any atom is -0.348 e. The molecule has 0 saturated heterocycles.